The molecule has 2 atom stereocenters. The standard InChI is InChI=1S/C10H19N3O2/c1-4-13-5-9(11-7(2)14)10(6-13)12-8(3)15/h9-10H,4-6H2,1-3H3,(H,11,14)(H,12,15)/t9-,10+. The highest BCUT2D eigenvalue weighted by atomic mass is 16.2. The molecule has 1 aliphatic heterocycles. The van der Waals surface area contributed by atoms with Crippen molar-refractivity contribution in [2.75, 3.05) is 19.6 Å². The molecule has 1 saturated heterocycles. The van der Waals surface area contributed by atoms with Gasteiger partial charge in [-0.3, -0.25) is 14.5 Å². The molecule has 15 heavy (non-hydrogen) atoms. The average molecular weight is 213 g/mol. The summed E-state index contributed by atoms with van der Waals surface area (Å²) < 4.78 is 0. The van der Waals surface area contributed by atoms with Gasteiger partial charge < -0.3 is 10.6 Å². The minimum absolute atomic E-state index is 0.0337. The van der Waals surface area contributed by atoms with Gasteiger partial charge in [-0.25, -0.2) is 0 Å². The van der Waals surface area contributed by atoms with Crippen LogP contribution in [0.2, 0.25) is 0 Å². The van der Waals surface area contributed by atoms with Crippen molar-refractivity contribution in [2.45, 2.75) is 32.9 Å². The van der Waals surface area contributed by atoms with E-state index in [4.69, 9.17) is 0 Å². The minimum atomic E-state index is -0.0479. The fraction of sp³-hybridized carbons (Fsp3) is 0.800. The predicted octanol–water partition coefficient (Wildman–Crippen LogP) is -0.669. The van der Waals surface area contributed by atoms with Gasteiger partial charge in [-0.05, 0) is 6.54 Å². The van der Waals surface area contributed by atoms with Crippen LogP contribution in [0.15, 0.2) is 0 Å². The van der Waals surface area contributed by atoms with Gasteiger partial charge in [0.1, 0.15) is 0 Å². The van der Waals surface area contributed by atoms with Gasteiger partial charge in [0.05, 0.1) is 12.1 Å². The molecule has 1 rings (SSSR count). The summed E-state index contributed by atoms with van der Waals surface area (Å²) in [6.45, 7) is 7.62. The van der Waals surface area contributed by atoms with E-state index in [1.165, 1.54) is 13.8 Å². The highest BCUT2D eigenvalue weighted by Gasteiger charge is 2.32. The lowest BCUT2D eigenvalue weighted by molar-refractivity contribution is -0.122. The Bertz CT molecular complexity index is 231. The molecule has 0 unspecified atom stereocenters. The third kappa shape index (κ3) is 3.51. The fourth-order valence-corrected chi connectivity index (χ4v) is 1.96. The van der Waals surface area contributed by atoms with Crippen molar-refractivity contribution in [3.8, 4) is 0 Å². The highest BCUT2D eigenvalue weighted by molar-refractivity contribution is 5.75. The van der Waals surface area contributed by atoms with E-state index in [9.17, 15) is 9.59 Å². The van der Waals surface area contributed by atoms with E-state index in [1.54, 1.807) is 0 Å². The number of amides is 2. The lowest BCUT2D eigenvalue weighted by Crippen LogP contribution is -2.49. The first kappa shape index (κ1) is 12.0. The Morgan fingerprint density at radius 2 is 1.53 bits per heavy atom. The molecule has 2 N–H and O–H groups in total. The predicted molar refractivity (Wildman–Crippen MR) is 57.3 cm³/mol. The molecule has 0 bridgehead atoms. The zero-order valence-corrected chi connectivity index (χ0v) is 9.54. The Labute approximate surface area is 90.2 Å². The second kappa shape index (κ2) is 5.11. The molecule has 1 aliphatic rings. The quantitative estimate of drug-likeness (QED) is 0.653. The number of nitrogens with zero attached hydrogens (tertiary/aromatic N) is 1. The van der Waals surface area contributed by atoms with Gasteiger partial charge in [0, 0.05) is 26.9 Å². The van der Waals surface area contributed by atoms with Crippen molar-refractivity contribution in [2.24, 2.45) is 0 Å². The molecule has 0 aliphatic carbocycles. The topological polar surface area (TPSA) is 61.4 Å². The van der Waals surface area contributed by atoms with Gasteiger partial charge in [-0.15, -0.1) is 0 Å². The van der Waals surface area contributed by atoms with E-state index >= 15 is 0 Å². The minimum Gasteiger partial charge on any atom is -0.350 e. The van der Waals surface area contributed by atoms with Gasteiger partial charge in [-0.2, -0.15) is 0 Å². The number of hydrogen-bond acceptors (Lipinski definition) is 3. The molecule has 1 fully saturated rings. The molecule has 1 heterocycles. The number of hydrogen-bond donors (Lipinski definition) is 2. The maximum absolute atomic E-state index is 11.0. The molecular formula is C10H19N3O2. The molecule has 5 nitrogen and oxygen atoms in total. The summed E-state index contributed by atoms with van der Waals surface area (Å²) in [4.78, 5) is 24.2. The summed E-state index contributed by atoms with van der Waals surface area (Å²) >= 11 is 0. The van der Waals surface area contributed by atoms with Crippen LogP contribution in [0.3, 0.4) is 0 Å². The number of rotatable bonds is 3. The summed E-state index contributed by atoms with van der Waals surface area (Å²) in [5.41, 5.74) is 0. The van der Waals surface area contributed by atoms with Crippen LogP contribution < -0.4 is 10.6 Å². The van der Waals surface area contributed by atoms with E-state index in [0.717, 1.165) is 19.6 Å². The first-order valence-electron chi connectivity index (χ1n) is 5.29. The van der Waals surface area contributed by atoms with Crippen LogP contribution in [0.5, 0.6) is 0 Å². The monoisotopic (exact) mass is 213 g/mol. The second-order valence-electron chi connectivity index (χ2n) is 3.97. The van der Waals surface area contributed by atoms with Gasteiger partial charge in [-0.1, -0.05) is 6.92 Å². The van der Waals surface area contributed by atoms with E-state index in [1.807, 2.05) is 0 Å². The first-order valence-corrected chi connectivity index (χ1v) is 5.29. The van der Waals surface area contributed by atoms with Crippen LogP contribution in [-0.4, -0.2) is 48.4 Å². The van der Waals surface area contributed by atoms with Gasteiger partial charge in [0.25, 0.3) is 0 Å². The molecule has 0 saturated carbocycles. The summed E-state index contributed by atoms with van der Waals surface area (Å²) in [6, 6.07) is 0.0673. The number of carbonyl (C=O) groups excluding carboxylic acids is 2. The van der Waals surface area contributed by atoms with Crippen LogP contribution >= 0.6 is 0 Å². The van der Waals surface area contributed by atoms with Crippen molar-refractivity contribution >= 4 is 11.8 Å². The lowest BCUT2D eigenvalue weighted by atomic mass is 10.1. The van der Waals surface area contributed by atoms with Crippen molar-refractivity contribution in [1.82, 2.24) is 15.5 Å². The summed E-state index contributed by atoms with van der Waals surface area (Å²) in [5.74, 6) is -0.0957. The fourth-order valence-electron chi connectivity index (χ4n) is 1.96. The molecule has 0 aromatic heterocycles. The number of likely N-dealkylation sites (tertiary alicyclic amines) is 1. The van der Waals surface area contributed by atoms with Gasteiger partial charge >= 0.3 is 0 Å². The molecule has 0 spiro atoms. The van der Waals surface area contributed by atoms with Crippen molar-refractivity contribution in [1.29, 1.82) is 0 Å². The summed E-state index contributed by atoms with van der Waals surface area (Å²) in [6.07, 6.45) is 0. The van der Waals surface area contributed by atoms with Crippen LogP contribution in [0.25, 0.3) is 0 Å². The number of carbonyl (C=O) groups is 2. The lowest BCUT2D eigenvalue weighted by Gasteiger charge is -2.19. The van der Waals surface area contributed by atoms with Gasteiger partial charge in [0.2, 0.25) is 11.8 Å². The van der Waals surface area contributed by atoms with Crippen LogP contribution in [-0.2, 0) is 9.59 Å². The molecule has 5 heteroatoms. The molecule has 0 aromatic rings. The number of nitrogens with one attached hydrogen (secondary N) is 2. The summed E-state index contributed by atoms with van der Waals surface area (Å²) in [7, 11) is 0. The third-order valence-corrected chi connectivity index (χ3v) is 2.62. The van der Waals surface area contributed by atoms with Crippen molar-refractivity contribution in [3.63, 3.8) is 0 Å². The SMILES string of the molecule is CCN1C[C@H](NC(C)=O)[C@H](NC(C)=O)C1. The first-order chi connectivity index (χ1) is 7.02. The maximum Gasteiger partial charge on any atom is 0.217 e. The smallest absolute Gasteiger partial charge is 0.217 e. The van der Waals surface area contributed by atoms with E-state index in [-0.39, 0.29) is 23.9 Å². The second-order valence-corrected chi connectivity index (χ2v) is 3.97. The number of likely N-dealkylation sites (N-methyl/N-ethyl adjacent to an activating group) is 1. The summed E-state index contributed by atoms with van der Waals surface area (Å²) in [5, 5.41) is 5.73. The zero-order chi connectivity index (χ0) is 11.4. The Balaban J connectivity index is 2.56. The molecule has 86 valence electrons. The average Bonchev–Trinajstić information content (AvgIpc) is 2.46. The van der Waals surface area contributed by atoms with E-state index in [2.05, 4.69) is 22.5 Å². The molecule has 2 amide bonds. The van der Waals surface area contributed by atoms with Crippen molar-refractivity contribution in [3.05, 3.63) is 0 Å². The Morgan fingerprint density at radius 1 is 1.13 bits per heavy atom. The van der Waals surface area contributed by atoms with Gasteiger partial charge in [0.15, 0.2) is 0 Å². The Kier molecular flexibility index (Phi) is 4.08. The molecule has 0 radical (unpaired) electrons. The van der Waals surface area contributed by atoms with E-state index < -0.39 is 0 Å². The van der Waals surface area contributed by atoms with Crippen molar-refractivity contribution < 1.29 is 9.59 Å². The Morgan fingerprint density at radius 3 is 1.80 bits per heavy atom. The zero-order valence-electron chi connectivity index (χ0n) is 9.54. The normalized spacial score (nSPS) is 26.3. The maximum atomic E-state index is 11.0. The van der Waals surface area contributed by atoms with Crippen LogP contribution in [0.4, 0.5) is 0 Å². The highest BCUT2D eigenvalue weighted by Crippen LogP contribution is 2.09. The largest absolute Gasteiger partial charge is 0.350 e. The molecular weight excluding hydrogens is 194 g/mol. The van der Waals surface area contributed by atoms with Crippen LogP contribution in [0, 0.1) is 0 Å². The Hall–Kier alpha value is -1.10. The van der Waals surface area contributed by atoms with E-state index in [0.29, 0.717) is 0 Å². The third-order valence-electron chi connectivity index (χ3n) is 2.62. The van der Waals surface area contributed by atoms with Crippen LogP contribution in [0.1, 0.15) is 20.8 Å². The molecule has 0 aromatic carbocycles.